The number of esters is 1. The predicted octanol–water partition coefficient (Wildman–Crippen LogP) is 3.70. The van der Waals surface area contributed by atoms with Gasteiger partial charge in [-0.2, -0.15) is 0 Å². The fraction of sp³-hybridized carbons (Fsp3) is 0.367. The summed E-state index contributed by atoms with van der Waals surface area (Å²) in [6.45, 7) is 5.06. The number of carbonyl (C=O) groups excluding carboxylic acids is 4. The first-order valence-corrected chi connectivity index (χ1v) is 14.9. The number of allylic oxidation sites excluding steroid dienone is 1. The molecule has 0 aliphatic rings. The molecule has 11 nitrogen and oxygen atoms in total. The molecule has 0 bridgehead atoms. The third-order valence-electron chi connectivity index (χ3n) is 5.90. The molecule has 2 amide bonds. The van der Waals surface area contributed by atoms with Crippen LogP contribution in [0.15, 0.2) is 48.2 Å². The van der Waals surface area contributed by atoms with E-state index in [2.05, 4.69) is 15.4 Å². The molecule has 0 fully saturated rings. The first kappa shape index (κ1) is 36.1. The van der Waals surface area contributed by atoms with Crippen LogP contribution in [0.25, 0.3) is 0 Å². The lowest BCUT2D eigenvalue weighted by Gasteiger charge is -2.22. The van der Waals surface area contributed by atoms with Crippen LogP contribution in [0.4, 0.5) is 4.39 Å². The average molecular weight is 653 g/mol. The summed E-state index contributed by atoms with van der Waals surface area (Å²) in [5.41, 5.74) is 0.113. The molecule has 0 aliphatic carbocycles. The highest BCUT2D eigenvalue weighted by molar-refractivity contribution is 7.99. The number of ketones is 1. The number of carbonyl (C=O) groups is 5. The van der Waals surface area contributed by atoms with Gasteiger partial charge < -0.3 is 30.0 Å². The number of aliphatic carboxylic acids is 1. The minimum absolute atomic E-state index is 0.0366. The Bertz CT molecular complexity index is 1380. The summed E-state index contributed by atoms with van der Waals surface area (Å²) in [5, 5.41) is 14.4. The molecule has 44 heavy (non-hydrogen) atoms. The Hall–Kier alpha value is -4.10. The Morgan fingerprint density at radius 2 is 1.84 bits per heavy atom. The fourth-order valence-corrected chi connectivity index (χ4v) is 4.98. The van der Waals surface area contributed by atoms with Crippen LogP contribution in [0.5, 0.6) is 11.5 Å². The lowest BCUT2D eigenvalue weighted by molar-refractivity contribution is -0.143. The van der Waals surface area contributed by atoms with Crippen LogP contribution in [0.2, 0.25) is 5.02 Å². The standard InChI is InChI=1S/C30H34ClFN2O9S/c1-5-42-25-10-9-19(43-14-28(39)41-4)11-18(25)12-26(36)34-29(17(2)3)30(40)33-23(13-27(37)38)24(35)16-44-15-20-21(31)7-6-8-22(20)32/h6-11,13,17,29H,5,12,14-16H2,1-4H3,(H,33,40)(H,34,36)(H,37,38)/t29-/m0/s1. The van der Waals surface area contributed by atoms with Crippen LogP contribution in [-0.2, 0) is 40.9 Å². The Morgan fingerprint density at radius 3 is 2.45 bits per heavy atom. The number of ether oxygens (including phenoxy) is 3. The van der Waals surface area contributed by atoms with Crippen LogP contribution < -0.4 is 20.1 Å². The van der Waals surface area contributed by atoms with Gasteiger partial charge in [0.05, 0.1) is 37.7 Å². The maximum absolute atomic E-state index is 14.0. The number of thioether (sulfide) groups is 1. The monoisotopic (exact) mass is 652 g/mol. The minimum atomic E-state index is -1.47. The van der Waals surface area contributed by atoms with Gasteiger partial charge in [-0.1, -0.05) is 31.5 Å². The molecule has 0 spiro atoms. The van der Waals surface area contributed by atoms with Crippen molar-refractivity contribution < 1.29 is 47.7 Å². The average Bonchev–Trinajstić information content (AvgIpc) is 2.96. The highest BCUT2D eigenvalue weighted by atomic mass is 35.5. The number of benzene rings is 2. The van der Waals surface area contributed by atoms with E-state index in [9.17, 15) is 33.5 Å². The van der Waals surface area contributed by atoms with Crippen LogP contribution in [0.3, 0.4) is 0 Å². The van der Waals surface area contributed by atoms with Gasteiger partial charge in [-0.3, -0.25) is 14.4 Å². The Morgan fingerprint density at radius 1 is 1.11 bits per heavy atom. The highest BCUT2D eigenvalue weighted by Gasteiger charge is 2.27. The van der Waals surface area contributed by atoms with Crippen molar-refractivity contribution in [1.29, 1.82) is 0 Å². The van der Waals surface area contributed by atoms with E-state index < -0.39 is 53.0 Å². The normalized spacial score (nSPS) is 11.8. The van der Waals surface area contributed by atoms with E-state index in [4.69, 9.17) is 21.1 Å². The van der Waals surface area contributed by atoms with Gasteiger partial charge in [0.15, 0.2) is 12.4 Å². The smallest absolute Gasteiger partial charge is 0.343 e. The first-order chi connectivity index (χ1) is 20.9. The lowest BCUT2D eigenvalue weighted by atomic mass is 10.0. The van der Waals surface area contributed by atoms with Gasteiger partial charge in [0, 0.05) is 21.9 Å². The lowest BCUT2D eigenvalue weighted by Crippen LogP contribution is -2.50. The number of carboxylic acid groups (broad SMARTS) is 1. The largest absolute Gasteiger partial charge is 0.494 e. The van der Waals surface area contributed by atoms with Crippen molar-refractivity contribution in [2.75, 3.05) is 26.1 Å². The van der Waals surface area contributed by atoms with Gasteiger partial charge in [-0.15, -0.1) is 11.8 Å². The number of nitrogens with one attached hydrogen (secondary N) is 2. The molecule has 2 aromatic carbocycles. The van der Waals surface area contributed by atoms with E-state index in [-0.39, 0.29) is 40.9 Å². The van der Waals surface area contributed by atoms with Crippen molar-refractivity contribution in [1.82, 2.24) is 10.6 Å². The number of rotatable bonds is 17. The van der Waals surface area contributed by atoms with Gasteiger partial charge in [0.25, 0.3) is 0 Å². The van der Waals surface area contributed by atoms with Gasteiger partial charge >= 0.3 is 11.9 Å². The van der Waals surface area contributed by atoms with E-state index in [0.717, 1.165) is 11.8 Å². The zero-order valence-corrected chi connectivity index (χ0v) is 26.2. The Kier molecular flexibility index (Phi) is 14.7. The molecule has 14 heteroatoms. The van der Waals surface area contributed by atoms with E-state index in [1.807, 2.05) is 0 Å². The minimum Gasteiger partial charge on any atom is -0.494 e. The molecule has 3 N–H and O–H groups in total. The van der Waals surface area contributed by atoms with Gasteiger partial charge in [-0.05, 0) is 43.2 Å². The zero-order valence-electron chi connectivity index (χ0n) is 24.6. The summed E-state index contributed by atoms with van der Waals surface area (Å²) in [6, 6.07) is 7.71. The predicted molar refractivity (Wildman–Crippen MR) is 162 cm³/mol. The molecule has 0 saturated heterocycles. The van der Waals surface area contributed by atoms with Crippen LogP contribution >= 0.6 is 23.4 Å². The maximum atomic E-state index is 14.0. The second kappa shape index (κ2) is 17.9. The van der Waals surface area contributed by atoms with Gasteiger partial charge in [0.1, 0.15) is 23.4 Å². The molecule has 0 unspecified atom stereocenters. The maximum Gasteiger partial charge on any atom is 0.343 e. The molecular weight excluding hydrogens is 619 g/mol. The van der Waals surface area contributed by atoms with E-state index in [0.29, 0.717) is 24.0 Å². The Labute approximate surface area is 263 Å². The molecule has 2 aromatic rings. The number of halogens is 2. The third-order valence-corrected chi connectivity index (χ3v) is 7.21. The van der Waals surface area contributed by atoms with Crippen molar-refractivity contribution in [3.63, 3.8) is 0 Å². The van der Waals surface area contributed by atoms with Crippen LogP contribution in [0, 0.1) is 11.7 Å². The number of carboxylic acids is 1. The fourth-order valence-electron chi connectivity index (χ4n) is 3.73. The quantitative estimate of drug-likeness (QED) is 0.170. The summed E-state index contributed by atoms with van der Waals surface area (Å²) >= 11 is 7.00. The zero-order chi connectivity index (χ0) is 32.8. The summed E-state index contributed by atoms with van der Waals surface area (Å²) in [4.78, 5) is 61.9. The molecule has 1 atom stereocenters. The summed E-state index contributed by atoms with van der Waals surface area (Å²) in [7, 11) is 1.22. The highest BCUT2D eigenvalue weighted by Crippen LogP contribution is 2.26. The van der Waals surface area contributed by atoms with Crippen LogP contribution in [0.1, 0.15) is 31.9 Å². The topological polar surface area (TPSA) is 157 Å². The Balaban J connectivity index is 2.13. The first-order valence-electron chi connectivity index (χ1n) is 13.4. The number of hydrogen-bond donors (Lipinski definition) is 3. The number of methoxy groups -OCH3 is 1. The third kappa shape index (κ3) is 11.5. The number of hydrogen-bond acceptors (Lipinski definition) is 9. The number of amides is 2. The van der Waals surface area contributed by atoms with Crippen molar-refractivity contribution in [2.24, 2.45) is 5.92 Å². The summed E-state index contributed by atoms with van der Waals surface area (Å²) in [6.07, 6.45) is 0.331. The summed E-state index contributed by atoms with van der Waals surface area (Å²) in [5.74, 6) is -4.74. The second-order valence-electron chi connectivity index (χ2n) is 9.54. The summed E-state index contributed by atoms with van der Waals surface area (Å²) < 4.78 is 29.6. The van der Waals surface area contributed by atoms with E-state index >= 15 is 0 Å². The van der Waals surface area contributed by atoms with Crippen LogP contribution in [-0.4, -0.2) is 66.8 Å². The SMILES string of the molecule is CCOc1ccc(OCC(=O)OC)cc1CC(=O)N[C@H](C(=O)NC(=CC(=O)O)C(=O)CSCc1c(F)cccc1Cl)C(C)C. The number of Topliss-reactive ketones (excluding diaryl/α,β-unsaturated/α-hetero) is 1. The van der Waals surface area contributed by atoms with E-state index in [1.165, 1.54) is 31.4 Å². The van der Waals surface area contributed by atoms with Gasteiger partial charge in [-0.25, -0.2) is 14.0 Å². The van der Waals surface area contributed by atoms with Crippen molar-refractivity contribution in [3.8, 4) is 11.5 Å². The molecule has 0 radical (unpaired) electrons. The van der Waals surface area contributed by atoms with E-state index in [1.54, 1.807) is 32.9 Å². The van der Waals surface area contributed by atoms with Crippen molar-refractivity contribution >= 4 is 52.9 Å². The van der Waals surface area contributed by atoms with Gasteiger partial charge in [0.2, 0.25) is 11.8 Å². The molecule has 0 saturated carbocycles. The second-order valence-corrected chi connectivity index (χ2v) is 10.9. The molecular formula is C30H34ClFN2O9S. The van der Waals surface area contributed by atoms with Crippen molar-refractivity contribution in [3.05, 3.63) is 70.1 Å². The molecule has 0 heterocycles. The molecule has 0 aliphatic heterocycles. The molecule has 0 aromatic heterocycles. The van der Waals surface area contributed by atoms with Crippen molar-refractivity contribution in [2.45, 2.75) is 39.0 Å². The molecule has 2 rings (SSSR count). The molecule has 238 valence electrons.